The van der Waals surface area contributed by atoms with E-state index < -0.39 is 11.8 Å². The second-order valence-corrected chi connectivity index (χ2v) is 8.39. The minimum absolute atomic E-state index is 0.0188. The van der Waals surface area contributed by atoms with Gasteiger partial charge in [-0.2, -0.15) is 0 Å². The summed E-state index contributed by atoms with van der Waals surface area (Å²) >= 11 is 0. The number of aromatic nitrogens is 1. The second kappa shape index (κ2) is 10.1. The van der Waals surface area contributed by atoms with Crippen molar-refractivity contribution in [2.45, 2.75) is 6.42 Å². The fourth-order valence-corrected chi connectivity index (χ4v) is 4.27. The number of hydrogen-bond acceptors (Lipinski definition) is 6. The van der Waals surface area contributed by atoms with Gasteiger partial charge in [-0.05, 0) is 29.8 Å². The molecule has 0 unspecified atom stereocenters. The van der Waals surface area contributed by atoms with Gasteiger partial charge in [0.1, 0.15) is 5.75 Å². The van der Waals surface area contributed by atoms with Gasteiger partial charge in [-0.25, -0.2) is 9.18 Å². The van der Waals surface area contributed by atoms with Crippen LogP contribution >= 0.6 is 0 Å². The number of fused-ring (bicyclic) bond motifs is 1. The number of rotatable bonds is 7. The number of amides is 3. The lowest BCUT2D eigenvalue weighted by atomic mass is 10.1. The van der Waals surface area contributed by atoms with Gasteiger partial charge >= 0.3 is 6.03 Å². The zero-order valence-corrected chi connectivity index (χ0v) is 20.3. The van der Waals surface area contributed by atoms with Crippen molar-refractivity contribution in [1.29, 1.82) is 0 Å². The normalized spacial score (nSPS) is 13.2. The van der Waals surface area contributed by atoms with Crippen LogP contribution in [0.5, 0.6) is 23.0 Å². The van der Waals surface area contributed by atoms with Crippen LogP contribution in [-0.2, 0) is 11.2 Å². The molecule has 188 valence electrons. The molecule has 37 heavy (non-hydrogen) atoms. The van der Waals surface area contributed by atoms with Gasteiger partial charge in [0.25, 0.3) is 0 Å². The predicted octanol–water partition coefficient (Wildman–Crippen LogP) is 5.19. The Bertz CT molecular complexity index is 1480. The fraction of sp³-hybridized carbons (Fsp3) is 0.179. The third-order valence-electron chi connectivity index (χ3n) is 6.16. The molecule has 3 amide bonds. The van der Waals surface area contributed by atoms with Crippen molar-refractivity contribution in [3.8, 4) is 23.0 Å². The summed E-state index contributed by atoms with van der Waals surface area (Å²) in [6, 6.07) is 18.1. The van der Waals surface area contributed by atoms with Gasteiger partial charge in [0, 0.05) is 42.5 Å². The summed E-state index contributed by atoms with van der Waals surface area (Å²) in [4.78, 5) is 32.5. The van der Waals surface area contributed by atoms with E-state index in [4.69, 9.17) is 14.2 Å². The van der Waals surface area contributed by atoms with Gasteiger partial charge < -0.3 is 14.2 Å². The van der Waals surface area contributed by atoms with Crippen LogP contribution in [0.25, 0.3) is 10.9 Å². The van der Waals surface area contributed by atoms with Crippen molar-refractivity contribution in [1.82, 2.24) is 9.88 Å². The number of ether oxygens (including phenoxy) is 3. The highest BCUT2D eigenvalue weighted by Crippen LogP contribution is 2.38. The molecule has 8 nitrogen and oxygen atoms in total. The number of anilines is 1. The van der Waals surface area contributed by atoms with Gasteiger partial charge in [-0.1, -0.05) is 30.3 Å². The van der Waals surface area contributed by atoms with Crippen molar-refractivity contribution < 1.29 is 28.2 Å². The number of urea groups is 1. The molecule has 1 aliphatic heterocycles. The first-order chi connectivity index (χ1) is 18.0. The van der Waals surface area contributed by atoms with E-state index in [0.717, 1.165) is 5.56 Å². The van der Waals surface area contributed by atoms with E-state index in [9.17, 15) is 9.59 Å². The summed E-state index contributed by atoms with van der Waals surface area (Å²) in [6.07, 6.45) is 1.68. The minimum atomic E-state index is -0.648. The summed E-state index contributed by atoms with van der Waals surface area (Å²) in [5.41, 5.74) is 1.76. The Morgan fingerprint density at radius 1 is 0.919 bits per heavy atom. The topological polar surface area (TPSA) is 81.2 Å². The molecule has 9 heteroatoms. The molecule has 2 heterocycles. The van der Waals surface area contributed by atoms with E-state index in [1.165, 1.54) is 36.2 Å². The third-order valence-corrected chi connectivity index (χ3v) is 6.16. The molecule has 1 saturated heterocycles. The largest absolute Gasteiger partial charge is 0.493 e. The van der Waals surface area contributed by atoms with Crippen LogP contribution in [0.15, 0.2) is 72.9 Å². The van der Waals surface area contributed by atoms with Crippen LogP contribution < -0.4 is 19.1 Å². The Morgan fingerprint density at radius 3 is 2.41 bits per heavy atom. The Labute approximate surface area is 212 Å². The highest BCUT2D eigenvalue weighted by Gasteiger charge is 2.34. The number of carbonyl (C=O) groups is 2. The van der Waals surface area contributed by atoms with Crippen LogP contribution in [0.1, 0.15) is 5.56 Å². The number of halogens is 1. The molecule has 1 aromatic heterocycles. The Hall–Kier alpha value is -4.66. The third kappa shape index (κ3) is 4.75. The summed E-state index contributed by atoms with van der Waals surface area (Å²) < 4.78 is 31.7. The Kier molecular flexibility index (Phi) is 6.59. The fourth-order valence-electron chi connectivity index (χ4n) is 4.27. The lowest BCUT2D eigenvalue weighted by molar-refractivity contribution is -0.126. The van der Waals surface area contributed by atoms with Crippen molar-refractivity contribution in [3.05, 3.63) is 84.3 Å². The quantitative estimate of drug-likeness (QED) is 0.347. The molecule has 0 spiro atoms. The molecule has 3 aromatic carbocycles. The van der Waals surface area contributed by atoms with E-state index in [2.05, 4.69) is 4.98 Å². The molecular formula is C28H24FN3O5. The molecule has 5 rings (SSSR count). The molecule has 0 atom stereocenters. The zero-order valence-electron chi connectivity index (χ0n) is 20.3. The molecule has 0 saturated carbocycles. The lowest BCUT2D eigenvalue weighted by Crippen LogP contribution is -2.37. The second-order valence-electron chi connectivity index (χ2n) is 8.39. The Balaban J connectivity index is 1.34. The van der Waals surface area contributed by atoms with Crippen molar-refractivity contribution >= 4 is 28.5 Å². The van der Waals surface area contributed by atoms with Gasteiger partial charge in [0.15, 0.2) is 23.1 Å². The van der Waals surface area contributed by atoms with E-state index in [-0.39, 0.29) is 31.2 Å². The van der Waals surface area contributed by atoms with Gasteiger partial charge in [-0.15, -0.1) is 0 Å². The van der Waals surface area contributed by atoms with Crippen LogP contribution in [-0.4, -0.2) is 49.1 Å². The summed E-state index contributed by atoms with van der Waals surface area (Å²) in [5, 5.41) is 0.617. The van der Waals surface area contributed by atoms with Gasteiger partial charge in [0.2, 0.25) is 5.91 Å². The van der Waals surface area contributed by atoms with E-state index in [1.54, 1.807) is 30.5 Å². The minimum Gasteiger partial charge on any atom is -0.493 e. The van der Waals surface area contributed by atoms with Crippen molar-refractivity contribution in [2.75, 3.05) is 32.2 Å². The number of benzene rings is 3. The molecule has 1 fully saturated rings. The van der Waals surface area contributed by atoms with Crippen LogP contribution in [0.2, 0.25) is 0 Å². The maximum atomic E-state index is 15.1. The molecule has 0 bridgehead atoms. The first kappa shape index (κ1) is 24.1. The highest BCUT2D eigenvalue weighted by molar-refractivity contribution is 6.05. The number of hydrogen-bond donors (Lipinski definition) is 0. The van der Waals surface area contributed by atoms with Crippen LogP contribution in [0.3, 0.4) is 0 Å². The van der Waals surface area contributed by atoms with Crippen LogP contribution in [0.4, 0.5) is 14.9 Å². The van der Waals surface area contributed by atoms with E-state index in [0.29, 0.717) is 33.8 Å². The molecule has 0 aliphatic carbocycles. The lowest BCUT2D eigenvalue weighted by Gasteiger charge is -2.18. The number of imide groups is 1. The van der Waals surface area contributed by atoms with Crippen LogP contribution in [0, 0.1) is 5.82 Å². The average molecular weight is 502 g/mol. The van der Waals surface area contributed by atoms with Gasteiger partial charge in [-0.3, -0.25) is 19.6 Å². The number of pyridine rings is 1. The number of carbonyl (C=O) groups excluding carboxylic acids is 2. The average Bonchev–Trinajstić information content (AvgIpc) is 3.31. The molecule has 0 radical (unpaired) electrons. The molecule has 0 N–H and O–H groups in total. The van der Waals surface area contributed by atoms with Crippen molar-refractivity contribution in [3.63, 3.8) is 0 Å². The Morgan fingerprint density at radius 2 is 1.68 bits per heavy atom. The maximum Gasteiger partial charge on any atom is 0.331 e. The monoisotopic (exact) mass is 501 g/mol. The summed E-state index contributed by atoms with van der Waals surface area (Å²) in [6.45, 7) is 0.508. The first-order valence-corrected chi connectivity index (χ1v) is 11.6. The van der Waals surface area contributed by atoms with E-state index >= 15 is 4.39 Å². The maximum absolute atomic E-state index is 15.1. The first-order valence-electron chi connectivity index (χ1n) is 11.6. The smallest absolute Gasteiger partial charge is 0.331 e. The van der Waals surface area contributed by atoms with Crippen molar-refractivity contribution in [2.24, 2.45) is 0 Å². The SMILES string of the molecule is COc1cc2nccc(Oc3ccc(N4CCN(C(=O)Cc5ccccc5)C4=O)cc3F)c2cc1OC. The molecule has 1 aliphatic rings. The zero-order chi connectivity index (χ0) is 25.9. The summed E-state index contributed by atoms with van der Waals surface area (Å²) in [7, 11) is 3.06. The molecular weight excluding hydrogens is 477 g/mol. The molecule has 4 aromatic rings. The summed E-state index contributed by atoms with van der Waals surface area (Å²) in [5.74, 6) is 0.423. The van der Waals surface area contributed by atoms with E-state index in [1.807, 2.05) is 30.3 Å². The highest BCUT2D eigenvalue weighted by atomic mass is 19.1. The standard InChI is InChI=1S/C28H24FN3O5/c1-35-25-16-20-22(17-26(25)36-2)30-11-10-23(20)37-24-9-8-19(15-21(24)29)31-12-13-32(28(31)34)27(33)14-18-6-4-3-5-7-18/h3-11,15-17H,12-14H2,1-2H3. The number of nitrogens with zero attached hydrogens (tertiary/aromatic N) is 3. The number of methoxy groups -OCH3 is 2. The van der Waals surface area contributed by atoms with Gasteiger partial charge in [0.05, 0.1) is 26.2 Å². The predicted molar refractivity (Wildman–Crippen MR) is 136 cm³/mol.